The summed E-state index contributed by atoms with van der Waals surface area (Å²) in [6.45, 7) is 13.0. The van der Waals surface area contributed by atoms with Gasteiger partial charge in [0.1, 0.15) is 4.90 Å². The maximum atomic E-state index is 13.0. The number of aromatic amines is 1. The number of rotatable bonds is 7. The molecule has 0 radical (unpaired) electrons. The van der Waals surface area contributed by atoms with Crippen molar-refractivity contribution in [1.82, 2.24) is 14.1 Å². The van der Waals surface area contributed by atoms with Gasteiger partial charge in [0.15, 0.2) is 19.1 Å². The maximum absolute atomic E-state index is 13.0. The molecule has 1 fully saturated rings. The SMILES string of the molecule is CCN(CC)S(=O)(=O)c1c(C)nn(C[NH+]2CCN(c3cc[nH+]cc3)CC2)c1C. The molecule has 0 spiro atoms. The molecule has 28 heavy (non-hydrogen) atoms. The van der Waals surface area contributed by atoms with Crippen LogP contribution in [0, 0.1) is 13.8 Å². The van der Waals surface area contributed by atoms with Crippen molar-refractivity contribution in [1.29, 1.82) is 0 Å². The predicted molar refractivity (Wildman–Crippen MR) is 108 cm³/mol. The van der Waals surface area contributed by atoms with Gasteiger partial charge in [0.2, 0.25) is 10.0 Å². The Balaban J connectivity index is 1.71. The number of piperazine rings is 1. The topological polar surface area (TPSA) is 77.0 Å². The number of sulfonamides is 1. The molecular formula is C19H32N6O2S+2. The number of aryl methyl sites for hydroxylation is 1. The molecular weight excluding hydrogens is 376 g/mol. The fourth-order valence-corrected chi connectivity index (χ4v) is 5.77. The molecule has 154 valence electrons. The highest BCUT2D eigenvalue weighted by molar-refractivity contribution is 7.89. The van der Waals surface area contributed by atoms with Crippen LogP contribution in [-0.4, -0.2) is 61.8 Å². The van der Waals surface area contributed by atoms with Gasteiger partial charge in [-0.15, -0.1) is 0 Å². The van der Waals surface area contributed by atoms with Crippen molar-refractivity contribution in [2.24, 2.45) is 0 Å². The first-order chi connectivity index (χ1) is 13.4. The Hall–Kier alpha value is -1.97. The van der Waals surface area contributed by atoms with E-state index in [1.54, 1.807) is 6.92 Å². The summed E-state index contributed by atoms with van der Waals surface area (Å²) in [6.07, 6.45) is 3.89. The van der Waals surface area contributed by atoms with Crippen molar-refractivity contribution in [2.75, 3.05) is 44.2 Å². The van der Waals surface area contributed by atoms with E-state index < -0.39 is 10.0 Å². The molecule has 0 amide bonds. The monoisotopic (exact) mass is 408 g/mol. The third-order valence-electron chi connectivity index (χ3n) is 5.53. The third kappa shape index (κ3) is 4.06. The highest BCUT2D eigenvalue weighted by Gasteiger charge is 2.30. The first-order valence-corrected chi connectivity index (χ1v) is 11.4. The molecule has 0 bridgehead atoms. The van der Waals surface area contributed by atoms with E-state index >= 15 is 0 Å². The van der Waals surface area contributed by atoms with Crippen molar-refractivity contribution in [2.45, 2.75) is 39.3 Å². The molecule has 0 aliphatic carbocycles. The number of nitrogens with zero attached hydrogens (tertiary/aromatic N) is 4. The molecule has 1 aliphatic rings. The first kappa shape index (κ1) is 20.8. The molecule has 2 aromatic rings. The number of hydrogen-bond acceptors (Lipinski definition) is 4. The van der Waals surface area contributed by atoms with Gasteiger partial charge in [-0.25, -0.2) is 18.1 Å². The van der Waals surface area contributed by atoms with Gasteiger partial charge in [-0.3, -0.25) is 0 Å². The Bertz CT molecular complexity index is 885. The van der Waals surface area contributed by atoms with Crippen molar-refractivity contribution in [3.63, 3.8) is 0 Å². The molecule has 3 rings (SSSR count). The second-order valence-electron chi connectivity index (χ2n) is 7.24. The van der Waals surface area contributed by atoms with E-state index in [2.05, 4.69) is 27.1 Å². The van der Waals surface area contributed by atoms with Gasteiger partial charge in [-0.05, 0) is 13.8 Å². The van der Waals surface area contributed by atoms with Crippen LogP contribution in [0.2, 0.25) is 0 Å². The summed E-state index contributed by atoms with van der Waals surface area (Å²) in [5.41, 5.74) is 2.55. The van der Waals surface area contributed by atoms with Crippen LogP contribution in [0.4, 0.5) is 5.69 Å². The van der Waals surface area contributed by atoms with Gasteiger partial charge in [0.25, 0.3) is 0 Å². The Morgan fingerprint density at radius 2 is 1.75 bits per heavy atom. The number of aromatic nitrogens is 3. The van der Waals surface area contributed by atoms with Gasteiger partial charge in [-0.1, -0.05) is 13.8 Å². The van der Waals surface area contributed by atoms with Crippen LogP contribution in [0.3, 0.4) is 0 Å². The Labute approximate surface area is 167 Å². The number of nitrogens with one attached hydrogen (secondary N) is 2. The van der Waals surface area contributed by atoms with Gasteiger partial charge in [0, 0.05) is 30.9 Å². The van der Waals surface area contributed by atoms with E-state index in [1.165, 1.54) is 14.9 Å². The number of hydrogen-bond donors (Lipinski definition) is 1. The molecule has 3 heterocycles. The quantitative estimate of drug-likeness (QED) is 0.683. The van der Waals surface area contributed by atoms with Crippen molar-refractivity contribution in [3.05, 3.63) is 35.9 Å². The van der Waals surface area contributed by atoms with Gasteiger partial charge >= 0.3 is 0 Å². The average molecular weight is 409 g/mol. The lowest BCUT2D eigenvalue weighted by Gasteiger charge is -2.33. The summed E-state index contributed by atoms with van der Waals surface area (Å²) in [6, 6.07) is 4.19. The highest BCUT2D eigenvalue weighted by Crippen LogP contribution is 2.23. The Kier molecular flexibility index (Phi) is 6.36. The van der Waals surface area contributed by atoms with E-state index in [4.69, 9.17) is 0 Å². The fourth-order valence-electron chi connectivity index (χ4n) is 3.94. The molecule has 1 aliphatic heterocycles. The van der Waals surface area contributed by atoms with E-state index in [9.17, 15) is 8.42 Å². The molecule has 0 atom stereocenters. The lowest BCUT2D eigenvalue weighted by Crippen LogP contribution is -3.14. The number of quaternary nitrogens is 1. The van der Waals surface area contributed by atoms with Crippen molar-refractivity contribution < 1.29 is 18.3 Å². The minimum absolute atomic E-state index is 0.370. The van der Waals surface area contributed by atoms with Crippen molar-refractivity contribution >= 4 is 15.7 Å². The Morgan fingerprint density at radius 1 is 1.14 bits per heavy atom. The van der Waals surface area contributed by atoms with Gasteiger partial charge in [0.05, 0.1) is 37.6 Å². The highest BCUT2D eigenvalue weighted by atomic mass is 32.2. The van der Waals surface area contributed by atoms with Crippen LogP contribution < -0.4 is 14.8 Å². The van der Waals surface area contributed by atoms with Gasteiger partial charge < -0.3 is 9.80 Å². The van der Waals surface area contributed by atoms with E-state index in [0.29, 0.717) is 30.3 Å². The van der Waals surface area contributed by atoms with Crippen LogP contribution in [0.15, 0.2) is 29.4 Å². The summed E-state index contributed by atoms with van der Waals surface area (Å²) in [5, 5.41) is 4.57. The zero-order valence-corrected chi connectivity index (χ0v) is 18.1. The lowest BCUT2D eigenvalue weighted by atomic mass is 10.3. The van der Waals surface area contributed by atoms with Gasteiger partial charge in [-0.2, -0.15) is 9.40 Å². The fraction of sp³-hybridized carbons (Fsp3) is 0.579. The number of H-pyrrole nitrogens is 1. The largest absolute Gasteiger partial charge is 0.360 e. The molecule has 9 heteroatoms. The molecule has 0 aromatic carbocycles. The molecule has 0 saturated carbocycles. The normalized spacial score (nSPS) is 16.1. The van der Waals surface area contributed by atoms with Crippen LogP contribution in [0.25, 0.3) is 0 Å². The smallest absolute Gasteiger partial charge is 0.246 e. The van der Waals surface area contributed by atoms with E-state index in [-0.39, 0.29) is 0 Å². The zero-order valence-electron chi connectivity index (χ0n) is 17.3. The number of pyridine rings is 1. The number of anilines is 1. The summed E-state index contributed by atoms with van der Waals surface area (Å²) in [7, 11) is -3.50. The van der Waals surface area contributed by atoms with Crippen LogP contribution in [0.1, 0.15) is 25.2 Å². The lowest BCUT2D eigenvalue weighted by molar-refractivity contribution is -0.924. The van der Waals surface area contributed by atoms with Crippen LogP contribution in [0.5, 0.6) is 0 Å². The molecule has 1 saturated heterocycles. The minimum Gasteiger partial charge on any atom is -0.360 e. The molecule has 2 aromatic heterocycles. The summed E-state index contributed by atoms with van der Waals surface area (Å²) in [5.74, 6) is 0. The molecule has 0 unspecified atom stereocenters. The summed E-state index contributed by atoms with van der Waals surface area (Å²) in [4.78, 5) is 7.23. The average Bonchev–Trinajstić information content (AvgIpc) is 2.97. The minimum atomic E-state index is -3.50. The molecule has 2 N–H and O–H groups in total. The van der Waals surface area contributed by atoms with E-state index in [1.807, 2.05) is 37.8 Å². The first-order valence-electron chi connectivity index (χ1n) is 9.97. The van der Waals surface area contributed by atoms with Crippen LogP contribution in [-0.2, 0) is 16.7 Å². The predicted octanol–water partition coefficient (Wildman–Crippen LogP) is -0.293. The summed E-state index contributed by atoms with van der Waals surface area (Å²) >= 11 is 0. The zero-order chi connectivity index (χ0) is 20.3. The Morgan fingerprint density at radius 3 is 2.32 bits per heavy atom. The summed E-state index contributed by atoms with van der Waals surface area (Å²) < 4.78 is 29.4. The second-order valence-corrected chi connectivity index (χ2v) is 9.12. The molecule has 8 nitrogen and oxygen atoms in total. The van der Waals surface area contributed by atoms with Crippen molar-refractivity contribution in [3.8, 4) is 0 Å². The second kappa shape index (κ2) is 8.59. The van der Waals surface area contributed by atoms with Crippen LogP contribution >= 0.6 is 0 Å². The standard InChI is InChI=1S/C19H30N6O2S/c1-5-24(6-2)28(26,27)19-16(3)21-25(17(19)4)15-22-11-13-23(14-12-22)18-7-9-20-10-8-18/h7-10H,5-6,11-15H2,1-4H3/p+2. The van der Waals surface area contributed by atoms with E-state index in [0.717, 1.165) is 31.9 Å². The maximum Gasteiger partial charge on any atom is 0.246 e. The third-order valence-corrected chi connectivity index (χ3v) is 7.83.